The summed E-state index contributed by atoms with van der Waals surface area (Å²) in [6.07, 6.45) is 2.07. The molecule has 3 aromatic carbocycles. The molecule has 2 amide bonds. The molecule has 204 valence electrons. The molecular formula is C28H28ClN3O7. The Kier molecular flexibility index (Phi) is 10.7. The number of hydrazone groups is 1. The number of ether oxygens (including phenoxy) is 4. The molecule has 11 heteroatoms. The first-order valence-corrected chi connectivity index (χ1v) is 12.2. The predicted octanol–water partition coefficient (Wildman–Crippen LogP) is 4.25. The third-order valence-electron chi connectivity index (χ3n) is 5.38. The highest BCUT2D eigenvalue weighted by Gasteiger charge is 2.18. The molecule has 0 saturated heterocycles. The Morgan fingerprint density at radius 1 is 0.923 bits per heavy atom. The van der Waals surface area contributed by atoms with Crippen LogP contribution in [0, 0.1) is 0 Å². The fourth-order valence-corrected chi connectivity index (χ4v) is 3.63. The van der Waals surface area contributed by atoms with Crippen LogP contribution in [0.1, 0.15) is 39.1 Å². The number of amides is 2. The zero-order chi connectivity index (χ0) is 28.2. The number of rotatable bonds is 12. The summed E-state index contributed by atoms with van der Waals surface area (Å²) in [6, 6.07) is 16.3. The first kappa shape index (κ1) is 29.0. The maximum absolute atomic E-state index is 12.6. The maximum atomic E-state index is 12.6. The molecule has 39 heavy (non-hydrogen) atoms. The molecule has 0 atom stereocenters. The maximum Gasteiger partial charge on any atom is 0.343 e. The van der Waals surface area contributed by atoms with Gasteiger partial charge in [-0.25, -0.2) is 10.2 Å². The summed E-state index contributed by atoms with van der Waals surface area (Å²) < 4.78 is 21.2. The van der Waals surface area contributed by atoms with Crippen LogP contribution in [0.15, 0.2) is 65.8 Å². The van der Waals surface area contributed by atoms with Crippen molar-refractivity contribution in [3.05, 3.63) is 82.4 Å². The summed E-state index contributed by atoms with van der Waals surface area (Å²) >= 11 is 6.00. The quantitative estimate of drug-likeness (QED) is 0.113. The van der Waals surface area contributed by atoms with Crippen molar-refractivity contribution in [1.29, 1.82) is 0 Å². The highest BCUT2D eigenvalue weighted by atomic mass is 35.5. The van der Waals surface area contributed by atoms with Gasteiger partial charge in [-0.1, -0.05) is 23.7 Å². The smallest absolute Gasteiger partial charge is 0.343 e. The number of carbonyl (C=O) groups is 3. The van der Waals surface area contributed by atoms with E-state index in [1.807, 2.05) is 0 Å². The zero-order valence-electron chi connectivity index (χ0n) is 21.7. The molecule has 0 aromatic heterocycles. The van der Waals surface area contributed by atoms with E-state index in [-0.39, 0.29) is 23.8 Å². The van der Waals surface area contributed by atoms with Crippen molar-refractivity contribution in [3.8, 4) is 23.0 Å². The van der Waals surface area contributed by atoms with Gasteiger partial charge in [-0.05, 0) is 60.5 Å². The van der Waals surface area contributed by atoms with Crippen LogP contribution in [0.25, 0.3) is 0 Å². The van der Waals surface area contributed by atoms with E-state index >= 15 is 0 Å². The largest absolute Gasteiger partial charge is 0.493 e. The van der Waals surface area contributed by atoms with E-state index in [0.717, 1.165) is 0 Å². The molecule has 0 saturated carbocycles. The van der Waals surface area contributed by atoms with Crippen LogP contribution in [-0.4, -0.2) is 51.9 Å². The van der Waals surface area contributed by atoms with Gasteiger partial charge in [0.15, 0.2) is 11.5 Å². The molecule has 0 radical (unpaired) electrons. The molecule has 0 spiro atoms. The Hall–Kier alpha value is -4.57. The summed E-state index contributed by atoms with van der Waals surface area (Å²) in [6.45, 7) is 0.317. The normalized spacial score (nSPS) is 10.6. The molecule has 0 unspecified atom stereocenters. The minimum absolute atomic E-state index is 0.177. The van der Waals surface area contributed by atoms with Crippen LogP contribution in [0.3, 0.4) is 0 Å². The molecule has 0 heterocycles. The molecular weight excluding hydrogens is 526 g/mol. The Labute approximate surface area is 230 Å². The van der Waals surface area contributed by atoms with E-state index in [0.29, 0.717) is 52.1 Å². The van der Waals surface area contributed by atoms with Gasteiger partial charge < -0.3 is 24.3 Å². The number of carbonyl (C=O) groups excluding carboxylic acids is 3. The molecule has 2 N–H and O–H groups in total. The van der Waals surface area contributed by atoms with Crippen LogP contribution in [-0.2, 0) is 4.79 Å². The molecule has 0 aliphatic carbocycles. The average molecular weight is 554 g/mol. The van der Waals surface area contributed by atoms with Gasteiger partial charge in [-0.3, -0.25) is 9.59 Å². The Morgan fingerprint density at radius 3 is 2.21 bits per heavy atom. The van der Waals surface area contributed by atoms with Crippen molar-refractivity contribution in [1.82, 2.24) is 10.7 Å². The molecule has 3 aromatic rings. The monoisotopic (exact) mass is 553 g/mol. The van der Waals surface area contributed by atoms with E-state index in [4.69, 9.17) is 30.5 Å². The fraction of sp³-hybridized carbons (Fsp3) is 0.214. The van der Waals surface area contributed by atoms with Crippen molar-refractivity contribution in [2.45, 2.75) is 12.8 Å². The lowest BCUT2D eigenvalue weighted by Crippen LogP contribution is -2.26. The second-order valence-corrected chi connectivity index (χ2v) is 8.41. The number of methoxy groups -OCH3 is 3. The molecule has 0 aliphatic heterocycles. The van der Waals surface area contributed by atoms with Crippen molar-refractivity contribution < 1.29 is 33.3 Å². The second kappa shape index (κ2) is 14.4. The van der Waals surface area contributed by atoms with Gasteiger partial charge in [0, 0.05) is 13.0 Å². The number of halogens is 1. The van der Waals surface area contributed by atoms with E-state index in [9.17, 15) is 14.4 Å². The predicted molar refractivity (Wildman–Crippen MR) is 146 cm³/mol. The lowest BCUT2D eigenvalue weighted by Gasteiger charge is -2.13. The zero-order valence-corrected chi connectivity index (χ0v) is 22.4. The van der Waals surface area contributed by atoms with Gasteiger partial charge in [0.2, 0.25) is 11.7 Å². The van der Waals surface area contributed by atoms with Gasteiger partial charge >= 0.3 is 5.97 Å². The Bertz CT molecular complexity index is 1320. The summed E-state index contributed by atoms with van der Waals surface area (Å²) in [5, 5.41) is 7.02. The second-order valence-electron chi connectivity index (χ2n) is 8.01. The molecule has 0 aliphatic rings. The first-order chi connectivity index (χ1) is 18.9. The highest BCUT2D eigenvalue weighted by molar-refractivity contribution is 6.33. The number of nitrogens with one attached hydrogen (secondary N) is 2. The van der Waals surface area contributed by atoms with Gasteiger partial charge in [0.05, 0.1) is 43.7 Å². The van der Waals surface area contributed by atoms with Crippen LogP contribution in [0.4, 0.5) is 0 Å². The summed E-state index contributed by atoms with van der Waals surface area (Å²) in [5.74, 6) is 0.150. The van der Waals surface area contributed by atoms with Crippen molar-refractivity contribution in [2.75, 3.05) is 27.9 Å². The Balaban J connectivity index is 1.45. The van der Waals surface area contributed by atoms with E-state index < -0.39 is 5.97 Å². The minimum Gasteiger partial charge on any atom is -0.493 e. The van der Waals surface area contributed by atoms with Gasteiger partial charge in [0.1, 0.15) is 5.75 Å². The molecule has 10 nitrogen and oxygen atoms in total. The van der Waals surface area contributed by atoms with Crippen LogP contribution in [0.5, 0.6) is 23.0 Å². The standard InChI is InChI=1S/C28H28ClN3O7/c1-36-23-15-19(16-24(37-2)26(23)38-3)28(35)39-20-12-10-18(11-13-20)17-31-32-25(33)9-6-14-30-27(34)21-7-4-5-8-22(21)29/h4-5,7-8,10-13,15-17H,6,9,14H2,1-3H3,(H,30,34)(H,32,33). The molecule has 0 bridgehead atoms. The van der Waals surface area contributed by atoms with Crippen molar-refractivity contribution in [2.24, 2.45) is 5.10 Å². The number of hydrogen-bond donors (Lipinski definition) is 2. The molecule has 0 fully saturated rings. The fourth-order valence-electron chi connectivity index (χ4n) is 3.41. The topological polar surface area (TPSA) is 125 Å². The third-order valence-corrected chi connectivity index (χ3v) is 5.71. The van der Waals surface area contributed by atoms with Crippen LogP contribution < -0.4 is 29.7 Å². The Morgan fingerprint density at radius 2 is 1.59 bits per heavy atom. The summed E-state index contributed by atoms with van der Waals surface area (Å²) in [5.41, 5.74) is 3.72. The first-order valence-electron chi connectivity index (χ1n) is 11.8. The summed E-state index contributed by atoms with van der Waals surface area (Å²) in [7, 11) is 4.39. The van der Waals surface area contributed by atoms with Crippen molar-refractivity contribution >= 4 is 35.6 Å². The van der Waals surface area contributed by atoms with Crippen molar-refractivity contribution in [3.63, 3.8) is 0 Å². The van der Waals surface area contributed by atoms with Gasteiger partial charge in [-0.2, -0.15) is 5.10 Å². The average Bonchev–Trinajstić information content (AvgIpc) is 2.95. The van der Waals surface area contributed by atoms with Crippen LogP contribution in [0.2, 0.25) is 5.02 Å². The lowest BCUT2D eigenvalue weighted by atomic mass is 10.2. The van der Waals surface area contributed by atoms with E-state index in [1.54, 1.807) is 48.5 Å². The number of esters is 1. The van der Waals surface area contributed by atoms with E-state index in [1.165, 1.54) is 39.7 Å². The van der Waals surface area contributed by atoms with Crippen LogP contribution >= 0.6 is 11.6 Å². The lowest BCUT2D eigenvalue weighted by molar-refractivity contribution is -0.121. The van der Waals surface area contributed by atoms with E-state index in [2.05, 4.69) is 15.8 Å². The molecule has 3 rings (SSSR count). The van der Waals surface area contributed by atoms with Gasteiger partial charge in [0.25, 0.3) is 5.91 Å². The highest BCUT2D eigenvalue weighted by Crippen LogP contribution is 2.38. The SMILES string of the molecule is COc1cc(C(=O)Oc2ccc(C=NNC(=O)CCCNC(=O)c3ccccc3Cl)cc2)cc(OC)c1OC. The minimum atomic E-state index is -0.606. The third kappa shape index (κ3) is 8.21. The number of hydrogen-bond acceptors (Lipinski definition) is 8. The number of nitrogens with zero attached hydrogens (tertiary/aromatic N) is 1. The van der Waals surface area contributed by atoms with Gasteiger partial charge in [-0.15, -0.1) is 0 Å². The number of benzene rings is 3. The summed E-state index contributed by atoms with van der Waals surface area (Å²) in [4.78, 5) is 36.7.